The molecule has 2 rings (SSSR count). The first kappa shape index (κ1) is 13.5. The molecule has 1 aromatic carbocycles. The summed E-state index contributed by atoms with van der Waals surface area (Å²) in [6, 6.07) is 6.67. The molecule has 102 valence electrons. The van der Waals surface area contributed by atoms with Crippen LogP contribution in [-0.2, 0) is 14.3 Å². The smallest absolute Gasteiger partial charge is 0.338 e. The maximum Gasteiger partial charge on any atom is 0.338 e. The average Bonchev–Trinajstić information content (AvgIpc) is 2.35. The molecular weight excluding hydrogens is 246 g/mol. The van der Waals surface area contributed by atoms with E-state index in [1.165, 1.54) is 0 Å². The van der Waals surface area contributed by atoms with Crippen molar-refractivity contribution in [3.63, 3.8) is 0 Å². The van der Waals surface area contributed by atoms with Crippen LogP contribution in [0.5, 0.6) is 0 Å². The minimum atomic E-state index is -0.355. The molecular formula is C14H17NO4. The van der Waals surface area contributed by atoms with Gasteiger partial charge < -0.3 is 14.8 Å². The molecule has 1 fully saturated rings. The molecule has 1 heterocycles. The summed E-state index contributed by atoms with van der Waals surface area (Å²) in [6.45, 7) is 3.43. The van der Waals surface area contributed by atoms with Gasteiger partial charge in [0.1, 0.15) is 0 Å². The van der Waals surface area contributed by atoms with Gasteiger partial charge in [-0.15, -0.1) is 0 Å². The number of ether oxygens (including phenoxy) is 2. The fourth-order valence-electron chi connectivity index (χ4n) is 1.78. The summed E-state index contributed by atoms with van der Waals surface area (Å²) in [5, 5.41) is 2.79. The molecule has 0 spiro atoms. The lowest BCUT2D eigenvalue weighted by atomic mass is 10.0. The third kappa shape index (κ3) is 3.79. The van der Waals surface area contributed by atoms with Gasteiger partial charge in [-0.1, -0.05) is 0 Å². The lowest BCUT2D eigenvalue weighted by molar-refractivity contribution is -0.121. The van der Waals surface area contributed by atoms with Crippen LogP contribution in [0.15, 0.2) is 24.3 Å². The van der Waals surface area contributed by atoms with E-state index >= 15 is 0 Å². The van der Waals surface area contributed by atoms with Crippen LogP contribution in [0, 0.1) is 5.92 Å². The third-order valence-corrected chi connectivity index (χ3v) is 2.86. The summed E-state index contributed by atoms with van der Waals surface area (Å²) in [4.78, 5) is 23.1. The predicted molar refractivity (Wildman–Crippen MR) is 70.0 cm³/mol. The van der Waals surface area contributed by atoms with Crippen LogP contribution >= 0.6 is 0 Å². The number of amides is 1. The minimum absolute atomic E-state index is 0.0304. The summed E-state index contributed by atoms with van der Waals surface area (Å²) in [5.74, 6) is -0.0528. The van der Waals surface area contributed by atoms with Gasteiger partial charge in [0.2, 0.25) is 5.91 Å². The van der Waals surface area contributed by atoms with Crippen molar-refractivity contribution in [2.24, 2.45) is 5.92 Å². The van der Waals surface area contributed by atoms with Gasteiger partial charge in [-0.25, -0.2) is 4.79 Å². The van der Waals surface area contributed by atoms with Crippen molar-refractivity contribution < 1.29 is 19.1 Å². The maximum atomic E-state index is 11.7. The second-order valence-electron chi connectivity index (χ2n) is 4.45. The summed E-state index contributed by atoms with van der Waals surface area (Å²) >= 11 is 0. The van der Waals surface area contributed by atoms with E-state index in [1.54, 1.807) is 31.2 Å². The molecule has 0 aliphatic carbocycles. The molecule has 0 atom stereocenters. The Morgan fingerprint density at radius 1 is 1.32 bits per heavy atom. The summed E-state index contributed by atoms with van der Waals surface area (Å²) < 4.78 is 9.90. The maximum absolute atomic E-state index is 11.7. The summed E-state index contributed by atoms with van der Waals surface area (Å²) in [5.41, 5.74) is 1.16. The van der Waals surface area contributed by atoms with Crippen LogP contribution < -0.4 is 5.32 Å². The van der Waals surface area contributed by atoms with E-state index in [4.69, 9.17) is 9.47 Å². The highest BCUT2D eigenvalue weighted by molar-refractivity contribution is 5.93. The van der Waals surface area contributed by atoms with E-state index in [0.717, 1.165) is 0 Å². The Morgan fingerprint density at radius 3 is 2.53 bits per heavy atom. The number of rotatable bonds is 5. The Bertz CT molecular complexity index is 451. The zero-order valence-corrected chi connectivity index (χ0v) is 10.8. The van der Waals surface area contributed by atoms with E-state index in [9.17, 15) is 9.59 Å². The van der Waals surface area contributed by atoms with Gasteiger partial charge in [0.25, 0.3) is 0 Å². The van der Waals surface area contributed by atoms with Crippen molar-refractivity contribution in [2.75, 3.05) is 25.1 Å². The normalized spacial score (nSPS) is 14.6. The van der Waals surface area contributed by atoms with Crippen molar-refractivity contribution in [3.8, 4) is 0 Å². The highest BCUT2D eigenvalue weighted by Gasteiger charge is 2.21. The van der Waals surface area contributed by atoms with Gasteiger partial charge in [-0.3, -0.25) is 4.79 Å². The van der Waals surface area contributed by atoms with E-state index in [0.29, 0.717) is 43.4 Å². The van der Waals surface area contributed by atoms with Gasteiger partial charge in [0, 0.05) is 18.0 Å². The van der Waals surface area contributed by atoms with Crippen LogP contribution in [0.1, 0.15) is 23.7 Å². The summed E-state index contributed by atoms with van der Waals surface area (Å²) in [7, 11) is 0. The monoisotopic (exact) mass is 263 g/mol. The molecule has 1 N–H and O–H groups in total. The van der Waals surface area contributed by atoms with Gasteiger partial charge >= 0.3 is 5.97 Å². The molecule has 1 saturated heterocycles. The van der Waals surface area contributed by atoms with Gasteiger partial charge in [-0.2, -0.15) is 0 Å². The standard InChI is InChI=1S/C14H17NO4/c1-2-19-14(17)11-3-5-12(6-4-11)15-13(16)7-10-8-18-9-10/h3-6,10H,2,7-9H2,1H3,(H,15,16). The molecule has 5 nitrogen and oxygen atoms in total. The molecule has 1 aromatic rings. The highest BCUT2D eigenvalue weighted by Crippen LogP contribution is 2.16. The van der Waals surface area contributed by atoms with E-state index in [1.807, 2.05) is 0 Å². The SMILES string of the molecule is CCOC(=O)c1ccc(NC(=O)CC2COC2)cc1. The lowest BCUT2D eigenvalue weighted by Gasteiger charge is -2.25. The Kier molecular flexibility index (Phi) is 4.52. The number of nitrogens with one attached hydrogen (secondary N) is 1. The summed E-state index contributed by atoms with van der Waals surface area (Å²) in [6.07, 6.45) is 0.472. The molecule has 5 heteroatoms. The molecule has 1 amide bonds. The molecule has 19 heavy (non-hydrogen) atoms. The van der Waals surface area contributed by atoms with E-state index in [-0.39, 0.29) is 11.9 Å². The Balaban J connectivity index is 1.87. The first-order valence-corrected chi connectivity index (χ1v) is 6.34. The largest absolute Gasteiger partial charge is 0.462 e. The Hall–Kier alpha value is -1.88. The van der Waals surface area contributed by atoms with Crippen molar-refractivity contribution >= 4 is 17.6 Å². The van der Waals surface area contributed by atoms with E-state index in [2.05, 4.69) is 5.32 Å². The number of esters is 1. The quantitative estimate of drug-likeness (QED) is 0.823. The molecule has 0 aromatic heterocycles. The molecule has 0 saturated carbocycles. The van der Waals surface area contributed by atoms with Crippen molar-refractivity contribution in [1.29, 1.82) is 0 Å². The average molecular weight is 263 g/mol. The highest BCUT2D eigenvalue weighted by atomic mass is 16.5. The topological polar surface area (TPSA) is 64.6 Å². The molecule has 0 bridgehead atoms. The number of benzene rings is 1. The number of hydrogen-bond acceptors (Lipinski definition) is 4. The number of carbonyl (C=O) groups is 2. The molecule has 0 radical (unpaired) electrons. The van der Waals surface area contributed by atoms with Crippen LogP contribution in [0.3, 0.4) is 0 Å². The second-order valence-corrected chi connectivity index (χ2v) is 4.45. The molecule has 1 aliphatic heterocycles. The fourth-order valence-corrected chi connectivity index (χ4v) is 1.78. The molecule has 1 aliphatic rings. The van der Waals surface area contributed by atoms with Crippen molar-refractivity contribution in [1.82, 2.24) is 0 Å². The predicted octanol–water partition coefficient (Wildman–Crippen LogP) is 1.84. The van der Waals surface area contributed by atoms with Crippen LogP contribution in [-0.4, -0.2) is 31.7 Å². The Morgan fingerprint density at radius 2 is 2.00 bits per heavy atom. The first-order chi connectivity index (χ1) is 9.19. The zero-order valence-electron chi connectivity index (χ0n) is 10.8. The zero-order chi connectivity index (χ0) is 13.7. The fraction of sp³-hybridized carbons (Fsp3) is 0.429. The van der Waals surface area contributed by atoms with Gasteiger partial charge in [-0.05, 0) is 31.2 Å². The second kappa shape index (κ2) is 6.33. The lowest BCUT2D eigenvalue weighted by Crippen LogP contribution is -2.31. The minimum Gasteiger partial charge on any atom is -0.462 e. The van der Waals surface area contributed by atoms with Crippen molar-refractivity contribution in [2.45, 2.75) is 13.3 Å². The first-order valence-electron chi connectivity index (χ1n) is 6.34. The van der Waals surface area contributed by atoms with Crippen LogP contribution in [0.4, 0.5) is 5.69 Å². The Labute approximate surface area is 111 Å². The van der Waals surface area contributed by atoms with E-state index < -0.39 is 0 Å². The van der Waals surface area contributed by atoms with Gasteiger partial charge in [0.15, 0.2) is 0 Å². The number of hydrogen-bond donors (Lipinski definition) is 1. The van der Waals surface area contributed by atoms with Crippen molar-refractivity contribution in [3.05, 3.63) is 29.8 Å². The number of anilines is 1. The number of carbonyl (C=O) groups excluding carboxylic acids is 2. The third-order valence-electron chi connectivity index (χ3n) is 2.86. The van der Waals surface area contributed by atoms with Crippen LogP contribution in [0.2, 0.25) is 0 Å². The van der Waals surface area contributed by atoms with Crippen LogP contribution in [0.25, 0.3) is 0 Å². The molecule has 0 unspecified atom stereocenters. The van der Waals surface area contributed by atoms with Gasteiger partial charge in [0.05, 0.1) is 25.4 Å².